The molecule has 0 heterocycles. The summed E-state index contributed by atoms with van der Waals surface area (Å²) in [7, 11) is 0. The third-order valence-electron chi connectivity index (χ3n) is 5.45. The third-order valence-corrected chi connectivity index (χ3v) is 5.45. The van der Waals surface area contributed by atoms with Crippen molar-refractivity contribution in [1.29, 1.82) is 0 Å². The molecular weight excluding hydrogens is 268 g/mol. The van der Waals surface area contributed by atoms with Gasteiger partial charge in [-0.05, 0) is 61.8 Å². The lowest BCUT2D eigenvalue weighted by atomic mass is 9.69. The summed E-state index contributed by atoms with van der Waals surface area (Å²) in [5, 5.41) is 10.3. The molecule has 0 aromatic carbocycles. The van der Waals surface area contributed by atoms with Gasteiger partial charge < -0.3 is 5.11 Å². The summed E-state index contributed by atoms with van der Waals surface area (Å²) in [6, 6.07) is 0. The molecule has 0 saturated heterocycles. The normalized spacial score (nSPS) is 21.6. The molecule has 0 unspecified atom stereocenters. The van der Waals surface area contributed by atoms with E-state index in [-0.39, 0.29) is 11.3 Å². The van der Waals surface area contributed by atoms with Gasteiger partial charge in [0.2, 0.25) is 0 Å². The van der Waals surface area contributed by atoms with Crippen molar-refractivity contribution in [3.63, 3.8) is 0 Å². The Hall–Kier alpha value is -1.08. The lowest BCUT2D eigenvalue weighted by molar-refractivity contribution is 0.0534. The number of allylic oxidation sites excluding steroid dienone is 6. The Bertz CT molecular complexity index is 505. The highest BCUT2D eigenvalue weighted by molar-refractivity contribution is 5.60. The summed E-state index contributed by atoms with van der Waals surface area (Å²) in [4.78, 5) is 0. The van der Waals surface area contributed by atoms with Gasteiger partial charge in [-0.3, -0.25) is 0 Å². The maximum atomic E-state index is 10.3. The van der Waals surface area contributed by atoms with Crippen molar-refractivity contribution in [3.05, 3.63) is 46.6 Å². The van der Waals surface area contributed by atoms with Crippen LogP contribution in [0.4, 0.5) is 0 Å². The summed E-state index contributed by atoms with van der Waals surface area (Å²) in [5.41, 5.74) is 5.61. The molecule has 1 spiro atoms. The van der Waals surface area contributed by atoms with Crippen LogP contribution in [0.25, 0.3) is 0 Å². The van der Waals surface area contributed by atoms with E-state index in [1.165, 1.54) is 0 Å². The van der Waals surface area contributed by atoms with E-state index in [0.29, 0.717) is 0 Å². The van der Waals surface area contributed by atoms with Gasteiger partial charge in [-0.2, -0.15) is 0 Å². The van der Waals surface area contributed by atoms with E-state index in [1.807, 2.05) is 13.8 Å². The second kappa shape index (κ2) is 6.20. The number of hydrogen-bond donors (Lipinski definition) is 1. The first-order valence-corrected chi connectivity index (χ1v) is 8.92. The molecule has 2 aliphatic rings. The van der Waals surface area contributed by atoms with Crippen molar-refractivity contribution in [1.82, 2.24) is 0 Å². The summed E-state index contributed by atoms with van der Waals surface area (Å²) < 4.78 is 0. The Labute approximate surface area is 136 Å². The van der Waals surface area contributed by atoms with Gasteiger partial charge in [0.15, 0.2) is 0 Å². The standard InChI is InChI=1S/C21H32O/c1-7-16-17(8-2)19(10-4)21(18(16)9-3)13-11-15(12-14-21)20(5,6)22/h11-15,22H,7-10H2,1-6H3. The van der Waals surface area contributed by atoms with Crippen molar-refractivity contribution in [2.75, 3.05) is 0 Å². The van der Waals surface area contributed by atoms with Crippen LogP contribution in [0.3, 0.4) is 0 Å². The van der Waals surface area contributed by atoms with Gasteiger partial charge in [0.25, 0.3) is 0 Å². The van der Waals surface area contributed by atoms with Crippen LogP contribution in [0.2, 0.25) is 0 Å². The van der Waals surface area contributed by atoms with Crippen LogP contribution in [-0.2, 0) is 0 Å². The zero-order chi connectivity index (χ0) is 16.5. The van der Waals surface area contributed by atoms with E-state index >= 15 is 0 Å². The van der Waals surface area contributed by atoms with Crippen LogP contribution in [-0.4, -0.2) is 10.7 Å². The Morgan fingerprint density at radius 1 is 0.864 bits per heavy atom. The van der Waals surface area contributed by atoms with Gasteiger partial charge in [-0.25, -0.2) is 0 Å². The fraction of sp³-hybridized carbons (Fsp3) is 0.619. The monoisotopic (exact) mass is 300 g/mol. The predicted octanol–water partition coefficient (Wildman–Crippen LogP) is 5.73. The Balaban J connectivity index is 2.56. The topological polar surface area (TPSA) is 20.2 Å². The highest BCUT2D eigenvalue weighted by Gasteiger charge is 2.42. The SMILES string of the molecule is CCC1=C(CC)C2(C=CC(C(C)(C)O)C=C2)C(CC)=C1CC. The molecule has 1 N–H and O–H groups in total. The molecule has 0 atom stereocenters. The lowest BCUT2D eigenvalue weighted by Crippen LogP contribution is -2.31. The fourth-order valence-corrected chi connectivity index (χ4v) is 4.42. The minimum Gasteiger partial charge on any atom is -0.390 e. The first-order chi connectivity index (χ1) is 10.4. The van der Waals surface area contributed by atoms with Crippen LogP contribution in [0, 0.1) is 11.3 Å². The van der Waals surface area contributed by atoms with E-state index < -0.39 is 5.60 Å². The largest absolute Gasteiger partial charge is 0.390 e. The van der Waals surface area contributed by atoms with Gasteiger partial charge in [0, 0.05) is 11.3 Å². The maximum absolute atomic E-state index is 10.3. The van der Waals surface area contributed by atoms with Gasteiger partial charge >= 0.3 is 0 Å². The van der Waals surface area contributed by atoms with E-state index in [9.17, 15) is 5.11 Å². The van der Waals surface area contributed by atoms with Crippen LogP contribution in [0.1, 0.15) is 67.2 Å². The molecule has 122 valence electrons. The van der Waals surface area contributed by atoms with E-state index in [4.69, 9.17) is 0 Å². The second-order valence-corrected chi connectivity index (χ2v) is 7.10. The Morgan fingerprint density at radius 3 is 1.55 bits per heavy atom. The molecule has 1 nitrogen and oxygen atoms in total. The first kappa shape index (κ1) is 17.3. The minimum atomic E-state index is -0.694. The molecule has 2 aliphatic carbocycles. The molecule has 1 heteroatoms. The summed E-state index contributed by atoms with van der Waals surface area (Å²) >= 11 is 0. The van der Waals surface area contributed by atoms with Crippen LogP contribution < -0.4 is 0 Å². The summed E-state index contributed by atoms with van der Waals surface area (Å²) in [6.45, 7) is 12.9. The third kappa shape index (κ3) is 2.54. The molecule has 0 amide bonds. The van der Waals surface area contributed by atoms with Crippen molar-refractivity contribution in [2.45, 2.75) is 72.8 Å². The molecule has 0 fully saturated rings. The van der Waals surface area contributed by atoms with Crippen molar-refractivity contribution >= 4 is 0 Å². The number of aliphatic hydroxyl groups is 1. The van der Waals surface area contributed by atoms with Gasteiger partial charge in [0.1, 0.15) is 0 Å². The van der Waals surface area contributed by atoms with Crippen LogP contribution in [0.15, 0.2) is 46.6 Å². The number of hydrogen-bond acceptors (Lipinski definition) is 1. The fourth-order valence-electron chi connectivity index (χ4n) is 4.42. The zero-order valence-corrected chi connectivity index (χ0v) is 15.2. The molecule has 0 saturated carbocycles. The van der Waals surface area contributed by atoms with Crippen molar-refractivity contribution in [2.24, 2.45) is 11.3 Å². The highest BCUT2D eigenvalue weighted by Crippen LogP contribution is 2.55. The van der Waals surface area contributed by atoms with Crippen molar-refractivity contribution in [3.8, 4) is 0 Å². The molecule has 22 heavy (non-hydrogen) atoms. The molecular formula is C21H32O. The second-order valence-electron chi connectivity index (χ2n) is 7.10. The smallest absolute Gasteiger partial charge is 0.0688 e. The van der Waals surface area contributed by atoms with E-state index in [1.54, 1.807) is 22.3 Å². The average molecular weight is 300 g/mol. The summed E-state index contributed by atoms with van der Waals surface area (Å²) in [6.07, 6.45) is 13.6. The summed E-state index contributed by atoms with van der Waals surface area (Å²) in [5.74, 6) is 0.102. The van der Waals surface area contributed by atoms with Gasteiger partial charge in [0.05, 0.1) is 5.60 Å². The minimum absolute atomic E-state index is 0.0120. The molecule has 0 bridgehead atoms. The zero-order valence-electron chi connectivity index (χ0n) is 15.2. The quantitative estimate of drug-likeness (QED) is 0.643. The molecule has 0 aliphatic heterocycles. The molecule has 0 aromatic rings. The average Bonchev–Trinajstić information content (AvgIpc) is 2.74. The van der Waals surface area contributed by atoms with Crippen molar-refractivity contribution < 1.29 is 5.11 Å². The first-order valence-electron chi connectivity index (χ1n) is 8.92. The number of rotatable bonds is 5. The van der Waals surface area contributed by atoms with Crippen LogP contribution >= 0.6 is 0 Å². The van der Waals surface area contributed by atoms with E-state index in [0.717, 1.165) is 25.7 Å². The molecule has 0 aromatic heterocycles. The van der Waals surface area contributed by atoms with Gasteiger partial charge in [-0.15, -0.1) is 0 Å². The maximum Gasteiger partial charge on any atom is 0.0688 e. The highest BCUT2D eigenvalue weighted by atomic mass is 16.3. The lowest BCUT2D eigenvalue weighted by Gasteiger charge is -2.36. The predicted molar refractivity (Wildman–Crippen MR) is 95.7 cm³/mol. The Morgan fingerprint density at radius 2 is 1.27 bits per heavy atom. The van der Waals surface area contributed by atoms with Gasteiger partial charge in [-0.1, -0.05) is 52.0 Å². The molecule has 2 rings (SSSR count). The van der Waals surface area contributed by atoms with Crippen LogP contribution in [0.5, 0.6) is 0 Å². The Kier molecular flexibility index (Phi) is 4.87. The van der Waals surface area contributed by atoms with E-state index in [2.05, 4.69) is 52.0 Å². The molecule has 0 radical (unpaired) electrons.